The average molecular weight is 615 g/mol. The van der Waals surface area contributed by atoms with Crippen LogP contribution >= 0.6 is 0 Å². The van der Waals surface area contributed by atoms with Gasteiger partial charge in [0.2, 0.25) is 0 Å². The van der Waals surface area contributed by atoms with Crippen molar-refractivity contribution in [1.82, 2.24) is 0 Å². The van der Waals surface area contributed by atoms with E-state index in [2.05, 4.69) is 23.7 Å². The molecule has 10 atom stereocenters. The van der Waals surface area contributed by atoms with Gasteiger partial charge in [-0.05, 0) is 48.2 Å². The summed E-state index contributed by atoms with van der Waals surface area (Å²) < 4.78 is 25.7. The van der Waals surface area contributed by atoms with Crippen LogP contribution in [-0.4, -0.2) is 125 Å². The predicted molar refractivity (Wildman–Crippen MR) is 152 cm³/mol. The highest BCUT2D eigenvalue weighted by atomic mass is 32.2. The average Bonchev–Trinajstić information content (AvgIpc) is 3.85. The number of fused-ring (bicyclic) bond motifs is 3. The molecule has 1 aliphatic carbocycles. The van der Waals surface area contributed by atoms with Gasteiger partial charge < -0.3 is 50.3 Å². The monoisotopic (exact) mass is 614 g/mol. The molecule has 11 nitrogen and oxygen atoms in total. The number of thiol groups is 1. The van der Waals surface area contributed by atoms with Gasteiger partial charge >= 0.3 is 0 Å². The zero-order chi connectivity index (χ0) is 30.6. The smallest absolute Gasteiger partial charge is 0.147 e. The van der Waals surface area contributed by atoms with Gasteiger partial charge in [0, 0.05) is 26.2 Å². The Kier molecular flexibility index (Phi) is 8.23. The van der Waals surface area contributed by atoms with Crippen LogP contribution < -0.4 is 0 Å². The fourth-order valence-electron chi connectivity index (χ4n) is 5.94. The van der Waals surface area contributed by atoms with E-state index in [0.717, 1.165) is 24.0 Å². The van der Waals surface area contributed by atoms with E-state index in [9.17, 15) is 45.1 Å². The summed E-state index contributed by atoms with van der Waals surface area (Å²) in [6, 6.07) is 10.7. The minimum Gasteiger partial charge on any atom is -0.394 e. The Bertz CT molecular complexity index is 1460. The summed E-state index contributed by atoms with van der Waals surface area (Å²) >= 11 is 0. The standard InChI is InChI=1S/C31H34O11S/c32-13-22-28(36)30(38)26(34)20(41-22)9-3-15-1-7-18-19-8-2-16(12-25(19)43(40,17-5-6-17)24(18)11-15)4-10-21-27(35)31(39)29(37)23(14-33)42-21/h1-2,7-8,11-12,17,20-23,26-39,43H,5-6,13-14H2/t20-,21-,22-,23-,26-,27-,28-,29-,30-,31-/m1/s1. The second-order valence-corrected chi connectivity index (χ2v) is 14.4. The first-order valence-corrected chi connectivity index (χ1v) is 15.9. The van der Waals surface area contributed by atoms with Crippen molar-refractivity contribution in [2.45, 2.75) is 88.9 Å². The van der Waals surface area contributed by atoms with E-state index in [-0.39, 0.29) is 5.25 Å². The van der Waals surface area contributed by atoms with Crippen LogP contribution in [0.5, 0.6) is 0 Å². The number of hydrogen-bond donors (Lipinski definition) is 9. The topological polar surface area (TPSA) is 197 Å². The molecule has 0 unspecified atom stereocenters. The Morgan fingerprint density at radius 2 is 1.07 bits per heavy atom. The Morgan fingerprint density at radius 3 is 1.44 bits per heavy atom. The Hall–Kier alpha value is -2.69. The highest BCUT2D eigenvalue weighted by molar-refractivity contribution is 8.04. The number of rotatable bonds is 3. The summed E-state index contributed by atoms with van der Waals surface area (Å²) in [5.74, 6) is 11.4. The van der Waals surface area contributed by atoms with Crippen LogP contribution in [0.25, 0.3) is 11.1 Å². The van der Waals surface area contributed by atoms with Crippen LogP contribution in [0.15, 0.2) is 46.2 Å². The van der Waals surface area contributed by atoms with E-state index in [4.69, 9.17) is 9.47 Å². The fraction of sp³-hybridized carbons (Fsp3) is 0.484. The lowest BCUT2D eigenvalue weighted by Gasteiger charge is -2.37. The molecule has 4 aliphatic rings. The third kappa shape index (κ3) is 5.23. The molecular weight excluding hydrogens is 580 g/mol. The van der Waals surface area contributed by atoms with E-state index >= 15 is 0 Å². The van der Waals surface area contributed by atoms with E-state index < -0.39 is 84.2 Å². The van der Waals surface area contributed by atoms with Gasteiger partial charge in [-0.25, -0.2) is 0 Å². The Balaban J connectivity index is 1.29. The third-order valence-corrected chi connectivity index (χ3v) is 12.3. The zero-order valence-corrected chi connectivity index (χ0v) is 23.8. The lowest BCUT2D eigenvalue weighted by molar-refractivity contribution is -0.214. The summed E-state index contributed by atoms with van der Waals surface area (Å²) in [7, 11) is -3.08. The van der Waals surface area contributed by atoms with E-state index in [1.165, 1.54) is 0 Å². The summed E-state index contributed by atoms with van der Waals surface area (Å²) in [5.41, 5.74) is 2.67. The number of benzene rings is 2. The molecule has 0 spiro atoms. The number of hydrogen-bond acceptors (Lipinski definition) is 11. The minimum atomic E-state index is -3.08. The summed E-state index contributed by atoms with van der Waals surface area (Å²) in [6.45, 7) is -1.11. The molecule has 12 heteroatoms. The molecule has 43 heavy (non-hydrogen) atoms. The molecule has 0 bridgehead atoms. The van der Waals surface area contributed by atoms with Gasteiger partial charge in [0.25, 0.3) is 0 Å². The minimum absolute atomic E-state index is 0.0326. The van der Waals surface area contributed by atoms with Crippen LogP contribution in [-0.2, 0) is 19.4 Å². The van der Waals surface area contributed by atoms with Crippen molar-refractivity contribution in [3.05, 3.63) is 47.5 Å². The second kappa shape index (κ2) is 11.7. The molecule has 8 N–H and O–H groups in total. The lowest BCUT2D eigenvalue weighted by Crippen LogP contribution is -2.58. The van der Waals surface area contributed by atoms with Crippen molar-refractivity contribution < 1.29 is 54.5 Å². The highest BCUT2D eigenvalue weighted by Gasteiger charge is 2.46. The SMILES string of the molecule is O=[SH]1(C2CC2)c2cc(C#C[C@H]3O[C@H](CO)[C@@H](O)[C@H](O)[C@@H]3O)ccc2-c2ccc(C#C[C@H]3O[C@H](CO)[C@@H](O)[C@H](O)[C@@H]3O)cc21. The third-order valence-electron chi connectivity index (χ3n) is 8.56. The lowest BCUT2D eigenvalue weighted by atomic mass is 9.95. The van der Waals surface area contributed by atoms with E-state index in [1.54, 1.807) is 24.3 Å². The first-order chi connectivity index (χ1) is 20.6. The molecular formula is C31H34O11S. The van der Waals surface area contributed by atoms with Gasteiger partial charge in [0.05, 0.1) is 13.2 Å². The largest absolute Gasteiger partial charge is 0.394 e. The van der Waals surface area contributed by atoms with E-state index in [0.29, 0.717) is 20.9 Å². The van der Waals surface area contributed by atoms with Crippen molar-refractivity contribution in [3.63, 3.8) is 0 Å². The predicted octanol–water partition coefficient (Wildman–Crippen LogP) is -2.35. The van der Waals surface area contributed by atoms with Crippen molar-refractivity contribution in [3.8, 4) is 34.8 Å². The zero-order valence-electron chi connectivity index (χ0n) is 22.9. The molecule has 6 rings (SSSR count). The molecule has 2 saturated heterocycles. The maximum atomic E-state index is 14.8. The molecule has 3 fully saturated rings. The summed E-state index contributed by atoms with van der Waals surface area (Å²) in [5, 5.41) is 79.6. The fourth-order valence-corrected chi connectivity index (χ4v) is 9.63. The Labute approximate surface area is 248 Å². The second-order valence-electron chi connectivity index (χ2n) is 11.4. The summed E-state index contributed by atoms with van der Waals surface area (Å²) in [6.07, 6.45) is -11.8. The maximum Gasteiger partial charge on any atom is 0.147 e. The van der Waals surface area contributed by atoms with E-state index in [1.807, 2.05) is 12.1 Å². The van der Waals surface area contributed by atoms with Gasteiger partial charge in [-0.2, -0.15) is 0 Å². The van der Waals surface area contributed by atoms with Gasteiger partial charge in [-0.3, -0.25) is 4.21 Å². The van der Waals surface area contributed by atoms with Crippen LogP contribution in [0.1, 0.15) is 24.0 Å². The molecule has 3 aliphatic heterocycles. The first-order valence-electron chi connectivity index (χ1n) is 14.1. The van der Waals surface area contributed by atoms with Crippen molar-refractivity contribution >= 4 is 9.93 Å². The number of ether oxygens (including phenoxy) is 2. The molecule has 1 saturated carbocycles. The molecule has 3 heterocycles. The first kappa shape index (κ1) is 30.3. The van der Waals surface area contributed by atoms with Crippen LogP contribution in [0, 0.1) is 23.7 Å². The number of aliphatic hydroxyl groups is 8. The number of aliphatic hydroxyl groups excluding tert-OH is 8. The molecule has 0 amide bonds. The Morgan fingerprint density at radius 1 is 0.651 bits per heavy atom. The molecule has 230 valence electrons. The summed E-state index contributed by atoms with van der Waals surface area (Å²) in [4.78, 5) is 1.34. The van der Waals surface area contributed by atoms with Gasteiger partial charge in [0.1, 0.15) is 61.0 Å². The van der Waals surface area contributed by atoms with Gasteiger partial charge in [-0.15, -0.1) is 0 Å². The molecule has 2 aromatic carbocycles. The normalized spacial score (nSPS) is 36.7. The van der Waals surface area contributed by atoms with Gasteiger partial charge in [-0.1, -0.05) is 45.7 Å². The molecule has 2 aromatic rings. The highest BCUT2D eigenvalue weighted by Crippen LogP contribution is 2.55. The molecule has 0 aromatic heterocycles. The van der Waals surface area contributed by atoms with Crippen LogP contribution in [0.3, 0.4) is 0 Å². The van der Waals surface area contributed by atoms with Crippen LogP contribution in [0.2, 0.25) is 0 Å². The quantitative estimate of drug-likeness (QED) is 0.133. The van der Waals surface area contributed by atoms with Crippen molar-refractivity contribution in [2.24, 2.45) is 0 Å². The maximum absolute atomic E-state index is 14.8. The molecule has 0 radical (unpaired) electrons. The van der Waals surface area contributed by atoms with Crippen molar-refractivity contribution in [1.29, 1.82) is 0 Å². The van der Waals surface area contributed by atoms with Crippen LogP contribution in [0.4, 0.5) is 0 Å². The van der Waals surface area contributed by atoms with Crippen molar-refractivity contribution in [2.75, 3.05) is 13.2 Å². The van der Waals surface area contributed by atoms with Gasteiger partial charge in [0.15, 0.2) is 0 Å².